The van der Waals surface area contributed by atoms with Gasteiger partial charge < -0.3 is 25.2 Å². The monoisotopic (exact) mass is 491 g/mol. The van der Waals surface area contributed by atoms with Crippen LogP contribution in [0.3, 0.4) is 0 Å². The van der Waals surface area contributed by atoms with Crippen molar-refractivity contribution in [3.05, 3.63) is 23.8 Å². The molecule has 3 N–H and O–H groups in total. The van der Waals surface area contributed by atoms with Crippen LogP contribution < -0.4 is 20.1 Å². The maximum Gasteiger partial charge on any atom is 0.191 e. The normalized spacial score (nSPS) is 15.8. The van der Waals surface area contributed by atoms with Gasteiger partial charge in [0, 0.05) is 31.3 Å². The zero-order valence-electron chi connectivity index (χ0n) is 16.7. The highest BCUT2D eigenvalue weighted by Crippen LogP contribution is 2.30. The van der Waals surface area contributed by atoms with Crippen molar-refractivity contribution in [1.82, 2.24) is 10.6 Å². The summed E-state index contributed by atoms with van der Waals surface area (Å²) in [7, 11) is 1.67. The van der Waals surface area contributed by atoms with E-state index in [1.165, 1.54) is 12.8 Å². The Balaban J connectivity index is 0.00000364. The second kappa shape index (κ2) is 13.0. The van der Waals surface area contributed by atoms with Crippen LogP contribution in [0.5, 0.6) is 11.5 Å². The number of methoxy groups -OCH3 is 1. The van der Waals surface area contributed by atoms with Gasteiger partial charge in [-0.25, -0.2) is 4.99 Å². The van der Waals surface area contributed by atoms with E-state index >= 15 is 0 Å². The van der Waals surface area contributed by atoms with Gasteiger partial charge >= 0.3 is 0 Å². The van der Waals surface area contributed by atoms with Crippen LogP contribution in [0.4, 0.5) is 0 Å². The van der Waals surface area contributed by atoms with E-state index in [9.17, 15) is 5.11 Å². The number of aliphatic hydroxyl groups is 1. The number of ether oxygens (including phenoxy) is 2. The number of aliphatic imine (C=N–C) groups is 1. The Labute approximate surface area is 180 Å². The van der Waals surface area contributed by atoms with Gasteiger partial charge in [-0.3, -0.25) is 0 Å². The van der Waals surface area contributed by atoms with Crippen molar-refractivity contribution in [1.29, 1.82) is 0 Å². The molecular formula is C20H34IN3O3. The molecule has 6 nitrogen and oxygen atoms in total. The van der Waals surface area contributed by atoms with Crippen LogP contribution in [-0.2, 0) is 6.54 Å². The summed E-state index contributed by atoms with van der Waals surface area (Å²) in [5.74, 6) is 2.59. The first-order valence-electron chi connectivity index (χ1n) is 9.62. The van der Waals surface area contributed by atoms with Crippen LogP contribution >= 0.6 is 24.0 Å². The number of rotatable bonds is 9. The second-order valence-corrected chi connectivity index (χ2v) is 6.86. The van der Waals surface area contributed by atoms with Gasteiger partial charge in [-0.1, -0.05) is 6.92 Å². The zero-order chi connectivity index (χ0) is 18.8. The first kappa shape index (κ1) is 23.8. The summed E-state index contributed by atoms with van der Waals surface area (Å²) < 4.78 is 11.6. The predicted octanol–water partition coefficient (Wildman–Crippen LogP) is 3.32. The standard InChI is InChI=1S/C20H33N3O3.HI/c1-4-21-20(22-12-15(2)14-24)23-13-16-9-10-18(25-3)11-19(16)26-17-7-5-6-8-17;/h9-11,15,17,24H,4-8,12-14H2,1-3H3,(H2,21,22,23);1H. The van der Waals surface area contributed by atoms with Crippen LogP contribution in [-0.4, -0.2) is 44.0 Å². The lowest BCUT2D eigenvalue weighted by Crippen LogP contribution is -2.39. The minimum atomic E-state index is 0. The second-order valence-electron chi connectivity index (χ2n) is 6.86. The van der Waals surface area contributed by atoms with Crippen molar-refractivity contribution in [3.63, 3.8) is 0 Å². The molecule has 0 bridgehead atoms. The molecule has 1 aliphatic carbocycles. The maximum atomic E-state index is 9.18. The van der Waals surface area contributed by atoms with Gasteiger partial charge in [0.15, 0.2) is 5.96 Å². The van der Waals surface area contributed by atoms with Gasteiger partial charge in [-0.05, 0) is 50.7 Å². The quantitative estimate of drug-likeness (QED) is 0.281. The molecule has 0 amide bonds. The summed E-state index contributed by atoms with van der Waals surface area (Å²) in [4.78, 5) is 4.67. The van der Waals surface area contributed by atoms with Gasteiger partial charge in [-0.2, -0.15) is 0 Å². The SMILES string of the molecule is CCNC(=NCc1ccc(OC)cc1OC1CCCC1)NCC(C)CO.I. The van der Waals surface area contributed by atoms with Gasteiger partial charge in [0.1, 0.15) is 11.5 Å². The Bertz CT molecular complexity index is 578. The first-order chi connectivity index (χ1) is 12.7. The maximum absolute atomic E-state index is 9.18. The molecule has 2 rings (SSSR count). The van der Waals surface area contributed by atoms with E-state index in [0.29, 0.717) is 19.2 Å². The van der Waals surface area contributed by atoms with E-state index in [0.717, 1.165) is 42.4 Å². The Morgan fingerprint density at radius 3 is 2.67 bits per heavy atom. The number of nitrogens with zero attached hydrogens (tertiary/aromatic N) is 1. The zero-order valence-corrected chi connectivity index (χ0v) is 19.0. The molecule has 0 spiro atoms. The lowest BCUT2D eigenvalue weighted by molar-refractivity contribution is 0.207. The average Bonchev–Trinajstić information content (AvgIpc) is 3.17. The number of nitrogens with one attached hydrogen (secondary N) is 2. The molecule has 27 heavy (non-hydrogen) atoms. The third-order valence-electron chi connectivity index (χ3n) is 4.55. The molecule has 1 atom stereocenters. The van der Waals surface area contributed by atoms with Crippen molar-refractivity contribution in [2.75, 3.05) is 26.8 Å². The van der Waals surface area contributed by atoms with Crippen molar-refractivity contribution in [2.24, 2.45) is 10.9 Å². The summed E-state index contributed by atoms with van der Waals surface area (Å²) >= 11 is 0. The molecule has 0 saturated heterocycles. The fraction of sp³-hybridized carbons (Fsp3) is 0.650. The molecule has 1 saturated carbocycles. The third-order valence-corrected chi connectivity index (χ3v) is 4.55. The average molecular weight is 491 g/mol. The Hall–Kier alpha value is -1.22. The van der Waals surface area contributed by atoms with Crippen molar-refractivity contribution in [2.45, 2.75) is 52.2 Å². The van der Waals surface area contributed by atoms with E-state index in [-0.39, 0.29) is 36.5 Å². The summed E-state index contributed by atoms with van der Waals surface area (Å²) in [5, 5.41) is 15.7. The lowest BCUT2D eigenvalue weighted by Gasteiger charge is -2.18. The molecular weight excluding hydrogens is 457 g/mol. The topological polar surface area (TPSA) is 75.1 Å². The molecule has 1 fully saturated rings. The van der Waals surface area contributed by atoms with Gasteiger partial charge in [0.25, 0.3) is 0 Å². The molecule has 0 aromatic heterocycles. The van der Waals surface area contributed by atoms with Crippen LogP contribution in [0.1, 0.15) is 45.1 Å². The molecule has 0 radical (unpaired) electrons. The summed E-state index contributed by atoms with van der Waals surface area (Å²) in [6.45, 7) is 6.17. The molecule has 1 aliphatic rings. The highest BCUT2D eigenvalue weighted by molar-refractivity contribution is 14.0. The van der Waals surface area contributed by atoms with Crippen molar-refractivity contribution in [3.8, 4) is 11.5 Å². The number of hydrogen-bond donors (Lipinski definition) is 3. The number of aliphatic hydroxyl groups excluding tert-OH is 1. The molecule has 1 aromatic carbocycles. The largest absolute Gasteiger partial charge is 0.497 e. The summed E-state index contributed by atoms with van der Waals surface area (Å²) in [6.07, 6.45) is 4.99. The molecule has 1 unspecified atom stereocenters. The minimum absolute atomic E-state index is 0. The van der Waals surface area contributed by atoms with E-state index in [1.54, 1.807) is 7.11 Å². The lowest BCUT2D eigenvalue weighted by atomic mass is 10.2. The first-order valence-corrected chi connectivity index (χ1v) is 9.62. The van der Waals surface area contributed by atoms with E-state index in [4.69, 9.17) is 9.47 Å². The van der Waals surface area contributed by atoms with Gasteiger partial charge in [0.05, 0.1) is 19.8 Å². The van der Waals surface area contributed by atoms with Crippen LogP contribution in [0, 0.1) is 5.92 Å². The molecule has 7 heteroatoms. The van der Waals surface area contributed by atoms with E-state index in [2.05, 4.69) is 15.6 Å². The predicted molar refractivity (Wildman–Crippen MR) is 120 cm³/mol. The van der Waals surface area contributed by atoms with E-state index in [1.807, 2.05) is 32.0 Å². The smallest absolute Gasteiger partial charge is 0.191 e. The number of hydrogen-bond acceptors (Lipinski definition) is 4. The molecule has 154 valence electrons. The Morgan fingerprint density at radius 2 is 2.04 bits per heavy atom. The summed E-state index contributed by atoms with van der Waals surface area (Å²) in [5.41, 5.74) is 1.05. The fourth-order valence-corrected chi connectivity index (χ4v) is 2.93. The van der Waals surface area contributed by atoms with Crippen LogP contribution in [0.15, 0.2) is 23.2 Å². The highest BCUT2D eigenvalue weighted by atomic mass is 127. The highest BCUT2D eigenvalue weighted by Gasteiger charge is 2.18. The molecule has 1 aromatic rings. The third kappa shape index (κ3) is 8.13. The molecule has 0 heterocycles. The van der Waals surface area contributed by atoms with E-state index < -0.39 is 0 Å². The minimum Gasteiger partial charge on any atom is -0.497 e. The van der Waals surface area contributed by atoms with Crippen LogP contribution in [0.2, 0.25) is 0 Å². The summed E-state index contributed by atoms with van der Waals surface area (Å²) in [6, 6.07) is 5.92. The van der Waals surface area contributed by atoms with Gasteiger partial charge in [0.2, 0.25) is 0 Å². The Kier molecular flexibility index (Phi) is 11.5. The fourth-order valence-electron chi connectivity index (χ4n) is 2.93. The van der Waals surface area contributed by atoms with Crippen LogP contribution in [0.25, 0.3) is 0 Å². The van der Waals surface area contributed by atoms with Crippen molar-refractivity contribution < 1.29 is 14.6 Å². The number of halogens is 1. The number of benzene rings is 1. The Morgan fingerprint density at radius 1 is 1.30 bits per heavy atom. The molecule has 0 aliphatic heterocycles. The van der Waals surface area contributed by atoms with Crippen molar-refractivity contribution >= 4 is 29.9 Å². The number of guanidine groups is 1. The van der Waals surface area contributed by atoms with Gasteiger partial charge in [-0.15, -0.1) is 24.0 Å².